The van der Waals surface area contributed by atoms with Crippen molar-refractivity contribution in [2.24, 2.45) is 4.99 Å². The van der Waals surface area contributed by atoms with Gasteiger partial charge in [-0.1, -0.05) is 42.4 Å². The molecule has 1 amide bonds. The van der Waals surface area contributed by atoms with Crippen molar-refractivity contribution >= 4 is 35.8 Å². The van der Waals surface area contributed by atoms with E-state index in [0.717, 1.165) is 49.0 Å². The molecule has 0 aliphatic carbocycles. The van der Waals surface area contributed by atoms with E-state index in [1.54, 1.807) is 0 Å². The minimum Gasteiger partial charge on any atom is -0.357 e. The molecule has 28 heavy (non-hydrogen) atoms. The number of likely N-dealkylation sites (tertiary alicyclic amines) is 1. The molecule has 1 saturated heterocycles. The Bertz CT molecular complexity index is 778. The zero-order valence-electron chi connectivity index (χ0n) is 16.4. The number of aliphatic imine (C=N–C) groups is 1. The van der Waals surface area contributed by atoms with Gasteiger partial charge in [0.25, 0.3) is 0 Å². The van der Waals surface area contributed by atoms with Gasteiger partial charge in [-0.15, -0.1) is 24.0 Å². The Morgan fingerprint density at radius 3 is 2.82 bits per heavy atom. The van der Waals surface area contributed by atoms with Gasteiger partial charge in [0, 0.05) is 43.7 Å². The Morgan fingerprint density at radius 2 is 2.11 bits per heavy atom. The Morgan fingerprint density at radius 1 is 1.32 bits per heavy atom. The number of nitrogens with one attached hydrogen (secondary N) is 2. The number of rotatable bonds is 6. The Labute approximate surface area is 183 Å². The Balaban J connectivity index is 0.00000280. The van der Waals surface area contributed by atoms with E-state index in [1.807, 2.05) is 55.1 Å². The number of aromatic nitrogens is 1. The molecule has 1 atom stereocenters. The lowest BCUT2D eigenvalue weighted by Gasteiger charge is -2.18. The van der Waals surface area contributed by atoms with Crippen molar-refractivity contribution in [2.45, 2.75) is 39.3 Å². The topological polar surface area (TPSA) is 82.8 Å². The molecule has 2 heterocycles. The van der Waals surface area contributed by atoms with Crippen LogP contribution in [0.2, 0.25) is 0 Å². The molecule has 1 fully saturated rings. The second-order valence-electron chi connectivity index (χ2n) is 6.57. The molecular formula is C20H28IN5O2. The molecule has 8 heteroatoms. The Hall–Kier alpha value is -2.10. The maximum atomic E-state index is 11.8. The van der Waals surface area contributed by atoms with Crippen molar-refractivity contribution in [2.75, 3.05) is 19.6 Å². The van der Waals surface area contributed by atoms with Crippen molar-refractivity contribution in [1.82, 2.24) is 20.7 Å². The molecule has 0 saturated carbocycles. The van der Waals surface area contributed by atoms with Crippen LogP contribution in [0.25, 0.3) is 11.3 Å². The molecule has 3 rings (SSSR count). The fourth-order valence-electron chi connectivity index (χ4n) is 3.13. The molecule has 0 spiro atoms. The summed E-state index contributed by atoms with van der Waals surface area (Å²) < 4.78 is 5.42. The lowest BCUT2D eigenvalue weighted by molar-refractivity contribution is -0.129. The molecule has 0 radical (unpaired) electrons. The fourth-order valence-corrected chi connectivity index (χ4v) is 3.13. The number of halogens is 1. The molecule has 1 aromatic heterocycles. The van der Waals surface area contributed by atoms with Crippen LogP contribution in [0.5, 0.6) is 0 Å². The van der Waals surface area contributed by atoms with Crippen LogP contribution < -0.4 is 10.6 Å². The first-order chi connectivity index (χ1) is 13.2. The van der Waals surface area contributed by atoms with E-state index in [9.17, 15) is 4.79 Å². The molecule has 152 valence electrons. The van der Waals surface area contributed by atoms with Gasteiger partial charge in [0.05, 0.1) is 6.54 Å². The highest BCUT2D eigenvalue weighted by Crippen LogP contribution is 2.20. The minimum atomic E-state index is 0. The van der Waals surface area contributed by atoms with Crippen molar-refractivity contribution in [1.29, 1.82) is 0 Å². The van der Waals surface area contributed by atoms with Crippen molar-refractivity contribution < 1.29 is 9.32 Å². The summed E-state index contributed by atoms with van der Waals surface area (Å²) in [7, 11) is 0. The smallest absolute Gasteiger partial charge is 0.222 e. The third kappa shape index (κ3) is 5.95. The Kier molecular flexibility index (Phi) is 8.75. The van der Waals surface area contributed by atoms with Crippen LogP contribution in [0.1, 0.15) is 32.4 Å². The van der Waals surface area contributed by atoms with Gasteiger partial charge in [0.1, 0.15) is 5.69 Å². The monoisotopic (exact) mass is 497 g/mol. The standard InChI is InChI=1S/C20H27N5O2.HI/c1-3-19(26)25-11-10-16(14-25)23-20(21-4-2)22-13-17-12-18(27-24-17)15-8-6-5-7-9-15;/h5-9,12,16H,3-4,10-11,13-14H2,1-2H3,(H2,21,22,23);1H. The summed E-state index contributed by atoms with van der Waals surface area (Å²) in [6, 6.07) is 12.0. The molecule has 2 aromatic rings. The first-order valence-electron chi connectivity index (χ1n) is 9.53. The summed E-state index contributed by atoms with van der Waals surface area (Å²) in [4.78, 5) is 18.4. The van der Waals surface area contributed by atoms with Crippen molar-refractivity contribution in [3.8, 4) is 11.3 Å². The molecule has 2 N–H and O–H groups in total. The van der Waals surface area contributed by atoms with Gasteiger partial charge in [-0.05, 0) is 13.3 Å². The average molecular weight is 497 g/mol. The largest absolute Gasteiger partial charge is 0.357 e. The van der Waals surface area contributed by atoms with Gasteiger partial charge in [-0.3, -0.25) is 4.79 Å². The van der Waals surface area contributed by atoms with Gasteiger partial charge < -0.3 is 20.1 Å². The van der Waals surface area contributed by atoms with Gasteiger partial charge >= 0.3 is 0 Å². The molecule has 1 aliphatic heterocycles. The fraction of sp³-hybridized carbons (Fsp3) is 0.450. The zero-order valence-corrected chi connectivity index (χ0v) is 18.7. The number of nitrogens with zero attached hydrogens (tertiary/aromatic N) is 3. The normalized spacial score (nSPS) is 16.6. The van der Waals surface area contributed by atoms with E-state index >= 15 is 0 Å². The number of carbonyl (C=O) groups excluding carboxylic acids is 1. The minimum absolute atomic E-state index is 0. The number of benzene rings is 1. The first-order valence-corrected chi connectivity index (χ1v) is 9.53. The molecule has 1 aromatic carbocycles. The average Bonchev–Trinajstić information content (AvgIpc) is 3.36. The zero-order chi connectivity index (χ0) is 19.1. The van der Waals surface area contributed by atoms with Crippen molar-refractivity contribution in [3.05, 3.63) is 42.1 Å². The highest BCUT2D eigenvalue weighted by atomic mass is 127. The van der Waals surface area contributed by atoms with Crippen LogP contribution in [0.4, 0.5) is 0 Å². The van der Waals surface area contributed by atoms with Gasteiger partial charge in [0.2, 0.25) is 5.91 Å². The van der Waals surface area contributed by atoms with Gasteiger partial charge in [0.15, 0.2) is 11.7 Å². The summed E-state index contributed by atoms with van der Waals surface area (Å²) in [6.07, 6.45) is 1.48. The molecule has 7 nitrogen and oxygen atoms in total. The highest BCUT2D eigenvalue weighted by molar-refractivity contribution is 14.0. The second kappa shape index (κ2) is 11.0. The van der Waals surface area contributed by atoms with Gasteiger partial charge in [-0.2, -0.15) is 0 Å². The molecule has 1 aliphatic rings. The SMILES string of the molecule is CCNC(=NCc1cc(-c2ccccc2)on1)NC1CCN(C(=O)CC)C1.I. The van der Waals surface area contributed by atoms with Crippen LogP contribution in [0, 0.1) is 0 Å². The van der Waals surface area contributed by atoms with Gasteiger partial charge in [-0.25, -0.2) is 4.99 Å². The summed E-state index contributed by atoms with van der Waals surface area (Å²) in [5.74, 6) is 1.68. The van der Waals surface area contributed by atoms with E-state index in [4.69, 9.17) is 4.52 Å². The number of carbonyl (C=O) groups is 1. The second-order valence-corrected chi connectivity index (χ2v) is 6.57. The summed E-state index contributed by atoms with van der Waals surface area (Å²) in [5, 5.41) is 10.8. The number of hydrogen-bond donors (Lipinski definition) is 2. The quantitative estimate of drug-likeness (QED) is 0.364. The maximum Gasteiger partial charge on any atom is 0.222 e. The molecule has 0 bridgehead atoms. The van der Waals surface area contributed by atoms with E-state index in [1.165, 1.54) is 0 Å². The highest BCUT2D eigenvalue weighted by Gasteiger charge is 2.25. The third-order valence-corrected chi connectivity index (χ3v) is 4.54. The van der Waals surface area contributed by atoms with Crippen LogP contribution >= 0.6 is 24.0 Å². The van der Waals surface area contributed by atoms with Crippen LogP contribution in [-0.4, -0.2) is 47.6 Å². The number of hydrogen-bond acceptors (Lipinski definition) is 4. The van der Waals surface area contributed by atoms with E-state index in [0.29, 0.717) is 13.0 Å². The molecule has 1 unspecified atom stereocenters. The summed E-state index contributed by atoms with van der Waals surface area (Å²) in [5.41, 5.74) is 1.78. The first kappa shape index (κ1) is 22.2. The van der Waals surface area contributed by atoms with E-state index in [2.05, 4.69) is 20.8 Å². The van der Waals surface area contributed by atoms with E-state index in [-0.39, 0.29) is 35.9 Å². The lowest BCUT2D eigenvalue weighted by atomic mass is 10.2. The van der Waals surface area contributed by atoms with E-state index < -0.39 is 0 Å². The molecular weight excluding hydrogens is 469 g/mol. The summed E-state index contributed by atoms with van der Waals surface area (Å²) in [6.45, 7) is 6.64. The third-order valence-electron chi connectivity index (χ3n) is 4.54. The van der Waals surface area contributed by atoms with Crippen LogP contribution in [0.15, 0.2) is 45.9 Å². The summed E-state index contributed by atoms with van der Waals surface area (Å²) >= 11 is 0. The predicted octanol–water partition coefficient (Wildman–Crippen LogP) is 3.03. The predicted molar refractivity (Wildman–Crippen MR) is 121 cm³/mol. The number of amides is 1. The van der Waals surface area contributed by atoms with Crippen LogP contribution in [-0.2, 0) is 11.3 Å². The van der Waals surface area contributed by atoms with Crippen LogP contribution in [0.3, 0.4) is 0 Å². The lowest BCUT2D eigenvalue weighted by Crippen LogP contribution is -2.45. The van der Waals surface area contributed by atoms with Crippen molar-refractivity contribution in [3.63, 3.8) is 0 Å². The number of guanidine groups is 1. The maximum absolute atomic E-state index is 11.8.